The van der Waals surface area contributed by atoms with Gasteiger partial charge >= 0.3 is 0 Å². The predicted octanol–water partition coefficient (Wildman–Crippen LogP) is 4.23. The van der Waals surface area contributed by atoms with Gasteiger partial charge in [-0.25, -0.2) is 4.21 Å². The van der Waals surface area contributed by atoms with Crippen LogP contribution < -0.4 is 0 Å². The van der Waals surface area contributed by atoms with Crippen LogP contribution in [-0.4, -0.2) is 4.21 Å². The fourth-order valence-electron chi connectivity index (χ4n) is 1.17. The molecule has 1 atom stereocenters. The third-order valence-electron chi connectivity index (χ3n) is 1.96. The minimum atomic E-state index is -1.26. The van der Waals surface area contributed by atoms with Crippen molar-refractivity contribution in [3.8, 4) is 0 Å². The Kier molecular flexibility index (Phi) is 4.34. The summed E-state index contributed by atoms with van der Waals surface area (Å²) in [6.07, 6.45) is 1.84. The first-order chi connectivity index (χ1) is 7.29. The molecule has 0 bridgehead atoms. The van der Waals surface area contributed by atoms with Crippen molar-refractivity contribution < 1.29 is 4.21 Å². The summed E-state index contributed by atoms with van der Waals surface area (Å²) in [4.78, 5) is 0.746. The van der Waals surface area contributed by atoms with Gasteiger partial charge in [-0.15, -0.1) is 0 Å². The summed E-state index contributed by atoms with van der Waals surface area (Å²) >= 11 is 6.05. The van der Waals surface area contributed by atoms with E-state index >= 15 is 0 Å². The zero-order valence-corrected chi connectivity index (χ0v) is 11.7. The number of aryl methyl sites for hydroxylation is 1. The van der Waals surface area contributed by atoms with E-state index in [-0.39, 0.29) is 5.41 Å². The molecule has 0 heterocycles. The molecule has 16 heavy (non-hydrogen) atoms. The van der Waals surface area contributed by atoms with Gasteiger partial charge in [-0.2, -0.15) is 0 Å². The average Bonchev–Trinajstić information content (AvgIpc) is 2.15. The summed E-state index contributed by atoms with van der Waals surface area (Å²) in [5.74, 6) is 0. The Hall–Kier alpha value is -0.600. The van der Waals surface area contributed by atoms with E-state index in [4.69, 9.17) is 11.6 Å². The first-order valence-electron chi connectivity index (χ1n) is 5.16. The molecule has 88 valence electrons. The molecule has 0 spiro atoms. The van der Waals surface area contributed by atoms with Gasteiger partial charge < -0.3 is 0 Å². The second-order valence-corrected chi connectivity index (χ2v) is 6.98. The van der Waals surface area contributed by atoms with Gasteiger partial charge in [0, 0.05) is 4.90 Å². The fourth-order valence-corrected chi connectivity index (χ4v) is 2.83. The van der Waals surface area contributed by atoms with Crippen molar-refractivity contribution >= 4 is 22.4 Å². The maximum absolute atomic E-state index is 12.0. The van der Waals surface area contributed by atoms with Crippen molar-refractivity contribution in [2.75, 3.05) is 0 Å². The molecule has 0 aliphatic rings. The molecule has 0 amide bonds. The highest BCUT2D eigenvalue weighted by Gasteiger charge is 2.13. The summed E-state index contributed by atoms with van der Waals surface area (Å²) in [7, 11) is -1.26. The molecule has 3 heteroatoms. The lowest BCUT2D eigenvalue weighted by molar-refractivity contribution is 0.544. The SMILES string of the molecule is Cc1ccc(S(=O)/C(Cl)=C/C(C)(C)C)cc1. The first kappa shape index (κ1) is 13.5. The monoisotopic (exact) mass is 256 g/mol. The minimum Gasteiger partial charge on any atom is -0.248 e. The molecule has 1 unspecified atom stereocenters. The van der Waals surface area contributed by atoms with E-state index in [1.54, 1.807) is 0 Å². The number of benzene rings is 1. The van der Waals surface area contributed by atoms with Crippen molar-refractivity contribution in [1.29, 1.82) is 0 Å². The smallest absolute Gasteiger partial charge is 0.106 e. The van der Waals surface area contributed by atoms with Crippen molar-refractivity contribution in [3.05, 3.63) is 40.3 Å². The Morgan fingerprint density at radius 3 is 2.19 bits per heavy atom. The molecular weight excluding hydrogens is 240 g/mol. The number of rotatable bonds is 2. The van der Waals surface area contributed by atoms with Crippen LogP contribution >= 0.6 is 11.6 Å². The van der Waals surface area contributed by atoms with Crippen molar-refractivity contribution in [2.45, 2.75) is 32.6 Å². The lowest BCUT2D eigenvalue weighted by Gasteiger charge is -2.12. The zero-order chi connectivity index (χ0) is 12.3. The van der Waals surface area contributed by atoms with Crippen LogP contribution in [0.15, 0.2) is 39.6 Å². The summed E-state index contributed by atoms with van der Waals surface area (Å²) in [5, 5.41) is 0. The third kappa shape index (κ3) is 4.11. The molecule has 0 radical (unpaired) electrons. The Bertz CT molecular complexity index is 413. The molecule has 0 aromatic heterocycles. The van der Waals surface area contributed by atoms with Gasteiger partial charge in [-0.05, 0) is 24.5 Å². The number of hydrogen-bond acceptors (Lipinski definition) is 1. The third-order valence-corrected chi connectivity index (χ3v) is 3.66. The van der Waals surface area contributed by atoms with Crippen LogP contribution in [0.5, 0.6) is 0 Å². The van der Waals surface area contributed by atoms with Crippen LogP contribution in [0.3, 0.4) is 0 Å². The first-order valence-corrected chi connectivity index (χ1v) is 6.69. The van der Waals surface area contributed by atoms with Crippen LogP contribution in [-0.2, 0) is 10.8 Å². The van der Waals surface area contributed by atoms with Gasteiger partial charge in [-0.1, -0.05) is 56.1 Å². The molecule has 0 fully saturated rings. The molecule has 1 nitrogen and oxygen atoms in total. The Labute approximate surface area is 105 Å². The number of allylic oxidation sites excluding steroid dienone is 1. The number of halogens is 1. The Morgan fingerprint density at radius 2 is 1.75 bits per heavy atom. The topological polar surface area (TPSA) is 17.1 Å². The normalized spacial score (nSPS) is 14.9. The molecule has 1 aromatic rings. The lowest BCUT2D eigenvalue weighted by atomic mass is 9.98. The minimum absolute atomic E-state index is 0.0581. The van der Waals surface area contributed by atoms with E-state index in [0.29, 0.717) is 4.36 Å². The Balaban J connectivity index is 2.95. The standard InChI is InChI=1S/C13H17ClOS/c1-10-5-7-11(8-6-10)16(15)12(14)9-13(2,3)4/h5-9H,1-4H3/b12-9+. The van der Waals surface area contributed by atoms with E-state index in [2.05, 4.69) is 0 Å². The van der Waals surface area contributed by atoms with Crippen LogP contribution in [0.4, 0.5) is 0 Å². The second kappa shape index (κ2) is 5.15. The van der Waals surface area contributed by atoms with E-state index in [1.807, 2.05) is 58.0 Å². The average molecular weight is 257 g/mol. The molecule has 0 aliphatic carbocycles. The molecule has 1 rings (SSSR count). The van der Waals surface area contributed by atoms with E-state index < -0.39 is 10.8 Å². The van der Waals surface area contributed by atoms with E-state index in [1.165, 1.54) is 0 Å². The van der Waals surface area contributed by atoms with E-state index in [9.17, 15) is 4.21 Å². The van der Waals surface area contributed by atoms with Gasteiger partial charge in [0.2, 0.25) is 0 Å². The van der Waals surface area contributed by atoms with Crippen LogP contribution in [0.1, 0.15) is 26.3 Å². The highest BCUT2D eigenvalue weighted by molar-refractivity contribution is 7.90. The van der Waals surface area contributed by atoms with Gasteiger partial charge in [0.15, 0.2) is 0 Å². The quantitative estimate of drug-likeness (QED) is 0.774. The molecule has 1 aromatic carbocycles. The molecule has 0 aliphatic heterocycles. The molecule has 0 saturated carbocycles. The number of hydrogen-bond donors (Lipinski definition) is 0. The van der Waals surface area contributed by atoms with Crippen molar-refractivity contribution in [1.82, 2.24) is 0 Å². The van der Waals surface area contributed by atoms with E-state index in [0.717, 1.165) is 10.5 Å². The highest BCUT2D eigenvalue weighted by atomic mass is 35.5. The molecule has 0 saturated heterocycles. The summed E-state index contributed by atoms with van der Waals surface area (Å²) in [5.41, 5.74) is 1.09. The lowest BCUT2D eigenvalue weighted by Crippen LogP contribution is -2.02. The van der Waals surface area contributed by atoms with Crippen molar-refractivity contribution in [2.24, 2.45) is 5.41 Å². The van der Waals surface area contributed by atoms with Crippen LogP contribution in [0.25, 0.3) is 0 Å². The molecule has 0 N–H and O–H groups in total. The predicted molar refractivity (Wildman–Crippen MR) is 71.0 cm³/mol. The largest absolute Gasteiger partial charge is 0.248 e. The highest BCUT2D eigenvalue weighted by Crippen LogP contribution is 2.24. The van der Waals surface area contributed by atoms with Crippen molar-refractivity contribution in [3.63, 3.8) is 0 Å². The van der Waals surface area contributed by atoms with Crippen LogP contribution in [0.2, 0.25) is 0 Å². The Morgan fingerprint density at radius 1 is 1.25 bits per heavy atom. The second-order valence-electron chi connectivity index (χ2n) is 4.90. The zero-order valence-electron chi connectivity index (χ0n) is 10.1. The van der Waals surface area contributed by atoms with Crippen LogP contribution in [0, 0.1) is 12.3 Å². The van der Waals surface area contributed by atoms with Gasteiger partial charge in [0.25, 0.3) is 0 Å². The van der Waals surface area contributed by atoms with Gasteiger partial charge in [0.1, 0.15) is 4.36 Å². The maximum Gasteiger partial charge on any atom is 0.106 e. The van der Waals surface area contributed by atoms with Gasteiger partial charge in [-0.3, -0.25) is 0 Å². The molecular formula is C13H17ClOS. The summed E-state index contributed by atoms with van der Waals surface area (Å²) < 4.78 is 12.4. The van der Waals surface area contributed by atoms with Gasteiger partial charge in [0.05, 0.1) is 10.8 Å². The summed E-state index contributed by atoms with van der Waals surface area (Å²) in [6.45, 7) is 8.09. The fraction of sp³-hybridized carbons (Fsp3) is 0.385. The summed E-state index contributed by atoms with van der Waals surface area (Å²) in [6, 6.07) is 7.58. The maximum atomic E-state index is 12.0.